The van der Waals surface area contributed by atoms with Crippen LogP contribution in [0.3, 0.4) is 0 Å². The van der Waals surface area contributed by atoms with Crippen LogP contribution in [0.4, 0.5) is 0 Å². The smallest absolute Gasteiger partial charge is 0.189 e. The van der Waals surface area contributed by atoms with Crippen molar-refractivity contribution in [2.75, 3.05) is 7.11 Å². The Bertz CT molecular complexity index is 763. The second-order valence-electron chi connectivity index (χ2n) is 5.38. The molecule has 1 aliphatic carbocycles. The van der Waals surface area contributed by atoms with Crippen LogP contribution in [-0.4, -0.2) is 18.0 Å². The number of ketones is 1. The number of carbonyl (C=O) groups is 1. The molecule has 1 heterocycles. The molecule has 0 aliphatic heterocycles. The van der Waals surface area contributed by atoms with Gasteiger partial charge in [0, 0.05) is 10.9 Å². The van der Waals surface area contributed by atoms with Crippen molar-refractivity contribution in [2.45, 2.75) is 26.4 Å². The van der Waals surface area contributed by atoms with E-state index in [1.807, 2.05) is 13.8 Å². The third-order valence-electron chi connectivity index (χ3n) is 3.92. The lowest BCUT2D eigenvalue weighted by Gasteiger charge is -2.29. The summed E-state index contributed by atoms with van der Waals surface area (Å²) in [6, 6.07) is 0. The number of hydrogen-bond donors (Lipinski definition) is 1. The Kier molecular flexibility index (Phi) is 2.56. The van der Waals surface area contributed by atoms with E-state index >= 15 is 0 Å². The number of hydrogen-bond acceptors (Lipinski definition) is 4. The monoisotopic (exact) mass is 272 g/mol. The molecule has 20 heavy (non-hydrogen) atoms. The lowest BCUT2D eigenvalue weighted by atomic mass is 9.80. The van der Waals surface area contributed by atoms with E-state index in [-0.39, 0.29) is 5.78 Å². The maximum Gasteiger partial charge on any atom is 0.189 e. The Morgan fingerprint density at radius 1 is 1.35 bits per heavy atom. The van der Waals surface area contributed by atoms with Gasteiger partial charge in [-0.25, -0.2) is 0 Å². The maximum atomic E-state index is 12.2. The maximum absolute atomic E-state index is 12.2. The molecule has 0 saturated carbocycles. The van der Waals surface area contributed by atoms with Crippen LogP contribution in [0.2, 0.25) is 0 Å². The van der Waals surface area contributed by atoms with Crippen molar-refractivity contribution in [3.8, 4) is 5.75 Å². The summed E-state index contributed by atoms with van der Waals surface area (Å²) >= 11 is 0. The summed E-state index contributed by atoms with van der Waals surface area (Å²) in [4.78, 5) is 12.2. The lowest BCUT2D eigenvalue weighted by molar-refractivity contribution is 0.0923. The van der Waals surface area contributed by atoms with E-state index < -0.39 is 5.60 Å². The van der Waals surface area contributed by atoms with E-state index in [2.05, 4.69) is 0 Å². The van der Waals surface area contributed by atoms with Crippen molar-refractivity contribution in [3.05, 3.63) is 40.7 Å². The Morgan fingerprint density at radius 3 is 2.70 bits per heavy atom. The first kappa shape index (κ1) is 12.9. The van der Waals surface area contributed by atoms with Gasteiger partial charge in [-0.2, -0.15) is 0 Å². The van der Waals surface area contributed by atoms with Crippen LogP contribution in [0, 0.1) is 13.8 Å². The van der Waals surface area contributed by atoms with Gasteiger partial charge >= 0.3 is 0 Å². The molecule has 1 atom stereocenters. The summed E-state index contributed by atoms with van der Waals surface area (Å²) in [7, 11) is 1.50. The number of benzene rings is 1. The molecule has 3 rings (SSSR count). The van der Waals surface area contributed by atoms with Gasteiger partial charge in [0.15, 0.2) is 17.1 Å². The van der Waals surface area contributed by atoms with Crippen molar-refractivity contribution >= 4 is 16.8 Å². The molecule has 0 radical (unpaired) electrons. The molecule has 1 aliphatic rings. The molecule has 104 valence electrons. The van der Waals surface area contributed by atoms with Crippen LogP contribution in [-0.2, 0) is 5.60 Å². The molecule has 1 aromatic carbocycles. The van der Waals surface area contributed by atoms with Crippen molar-refractivity contribution in [1.29, 1.82) is 0 Å². The molecule has 2 aromatic rings. The molecule has 0 fully saturated rings. The zero-order valence-corrected chi connectivity index (χ0v) is 11.9. The Morgan fingerprint density at radius 2 is 2.05 bits per heavy atom. The average molecular weight is 272 g/mol. The first-order valence-electron chi connectivity index (χ1n) is 6.43. The van der Waals surface area contributed by atoms with Crippen molar-refractivity contribution in [2.24, 2.45) is 0 Å². The number of aliphatic hydroxyl groups is 1. The van der Waals surface area contributed by atoms with E-state index in [4.69, 9.17) is 9.15 Å². The highest BCUT2D eigenvalue weighted by Gasteiger charge is 2.36. The first-order chi connectivity index (χ1) is 9.38. The highest BCUT2D eigenvalue weighted by atomic mass is 16.5. The SMILES string of the molecule is COc1c2c(c(C)c3c(C)coc13)C(C)(O)C=CC2=O. The van der Waals surface area contributed by atoms with E-state index in [1.165, 1.54) is 19.3 Å². The van der Waals surface area contributed by atoms with Crippen LogP contribution in [0.25, 0.3) is 11.0 Å². The molecule has 0 saturated heterocycles. The normalized spacial score (nSPS) is 21.4. The van der Waals surface area contributed by atoms with Crippen LogP contribution in [0.15, 0.2) is 22.8 Å². The summed E-state index contributed by atoms with van der Waals surface area (Å²) in [5.41, 5.74) is 2.15. The third-order valence-corrected chi connectivity index (χ3v) is 3.92. The summed E-state index contributed by atoms with van der Waals surface area (Å²) in [5.74, 6) is 0.214. The Labute approximate surface area is 116 Å². The number of fused-ring (bicyclic) bond motifs is 2. The number of carbonyl (C=O) groups excluding carboxylic acids is 1. The van der Waals surface area contributed by atoms with E-state index in [0.717, 1.165) is 16.5 Å². The fraction of sp³-hybridized carbons (Fsp3) is 0.312. The van der Waals surface area contributed by atoms with Gasteiger partial charge in [0.2, 0.25) is 0 Å². The predicted octanol–water partition coefficient (Wildman–Crippen LogP) is 3.02. The summed E-state index contributed by atoms with van der Waals surface area (Å²) in [6.07, 6.45) is 4.54. The van der Waals surface area contributed by atoms with E-state index in [9.17, 15) is 9.90 Å². The number of aryl methyl sites for hydroxylation is 2. The van der Waals surface area contributed by atoms with Gasteiger partial charge in [-0.3, -0.25) is 4.79 Å². The minimum atomic E-state index is -1.20. The summed E-state index contributed by atoms with van der Waals surface area (Å²) < 4.78 is 10.9. The van der Waals surface area contributed by atoms with Crippen molar-refractivity contribution in [3.63, 3.8) is 0 Å². The zero-order chi connectivity index (χ0) is 14.7. The fourth-order valence-corrected chi connectivity index (χ4v) is 3.08. The average Bonchev–Trinajstić information content (AvgIpc) is 2.77. The second kappa shape index (κ2) is 3.96. The quantitative estimate of drug-likeness (QED) is 0.867. The number of furan rings is 1. The standard InChI is InChI=1S/C16H16O4/c1-8-7-20-15-11(8)9(2)13-12(14(15)19-4)10(17)5-6-16(13,3)18/h5-7,18H,1-4H3. The second-order valence-corrected chi connectivity index (χ2v) is 5.38. The van der Waals surface area contributed by atoms with Gasteiger partial charge < -0.3 is 14.3 Å². The van der Waals surface area contributed by atoms with Crippen LogP contribution in [0.1, 0.15) is 34.0 Å². The fourth-order valence-electron chi connectivity index (χ4n) is 3.08. The van der Waals surface area contributed by atoms with Crippen LogP contribution in [0.5, 0.6) is 5.75 Å². The molecule has 1 N–H and O–H groups in total. The molecular formula is C16H16O4. The highest BCUT2D eigenvalue weighted by molar-refractivity contribution is 6.13. The van der Waals surface area contributed by atoms with Gasteiger partial charge in [0.25, 0.3) is 0 Å². The molecular weight excluding hydrogens is 256 g/mol. The Hall–Kier alpha value is -2.07. The van der Waals surface area contributed by atoms with Gasteiger partial charge in [-0.15, -0.1) is 0 Å². The van der Waals surface area contributed by atoms with E-state index in [1.54, 1.807) is 13.2 Å². The minimum Gasteiger partial charge on any atom is -0.492 e. The van der Waals surface area contributed by atoms with Crippen LogP contribution >= 0.6 is 0 Å². The number of allylic oxidation sites excluding steroid dienone is 1. The molecule has 1 unspecified atom stereocenters. The lowest BCUT2D eigenvalue weighted by Crippen LogP contribution is -2.27. The molecule has 0 amide bonds. The largest absolute Gasteiger partial charge is 0.492 e. The summed E-state index contributed by atoms with van der Waals surface area (Å²) in [5, 5.41) is 11.5. The number of rotatable bonds is 1. The topological polar surface area (TPSA) is 59.7 Å². The highest BCUT2D eigenvalue weighted by Crippen LogP contribution is 2.44. The molecule has 4 heteroatoms. The number of ether oxygens (including phenoxy) is 1. The predicted molar refractivity (Wildman–Crippen MR) is 75.3 cm³/mol. The van der Waals surface area contributed by atoms with Gasteiger partial charge in [0.1, 0.15) is 5.60 Å². The Balaban J connectivity index is 2.57. The molecule has 0 bridgehead atoms. The molecule has 1 aromatic heterocycles. The van der Waals surface area contributed by atoms with Gasteiger partial charge in [-0.1, -0.05) is 0 Å². The zero-order valence-electron chi connectivity index (χ0n) is 11.9. The summed E-state index contributed by atoms with van der Waals surface area (Å²) in [6.45, 7) is 5.49. The van der Waals surface area contributed by atoms with Crippen molar-refractivity contribution in [1.82, 2.24) is 0 Å². The molecule has 4 nitrogen and oxygen atoms in total. The minimum absolute atomic E-state index is 0.178. The number of methoxy groups -OCH3 is 1. The van der Waals surface area contributed by atoms with Gasteiger partial charge in [-0.05, 0) is 44.1 Å². The van der Waals surface area contributed by atoms with Gasteiger partial charge in [0.05, 0.1) is 18.9 Å². The first-order valence-corrected chi connectivity index (χ1v) is 6.43. The third kappa shape index (κ3) is 1.48. The molecule has 0 spiro atoms. The van der Waals surface area contributed by atoms with Crippen molar-refractivity contribution < 1.29 is 19.1 Å². The van der Waals surface area contributed by atoms with Crippen LogP contribution < -0.4 is 4.74 Å². The van der Waals surface area contributed by atoms with E-state index in [0.29, 0.717) is 22.5 Å².